The third kappa shape index (κ3) is 4.79. The molecule has 1 unspecified atom stereocenters. The van der Waals surface area contributed by atoms with Crippen LogP contribution in [0.3, 0.4) is 0 Å². The minimum absolute atomic E-state index is 0.0473. The summed E-state index contributed by atoms with van der Waals surface area (Å²) in [7, 11) is 0.465. The number of sulfonamides is 1. The van der Waals surface area contributed by atoms with Crippen LogP contribution in [0.2, 0.25) is 0 Å². The fourth-order valence-electron chi connectivity index (χ4n) is 2.09. The van der Waals surface area contributed by atoms with Gasteiger partial charge in [0, 0.05) is 24.0 Å². The van der Waals surface area contributed by atoms with Gasteiger partial charge in [-0.2, -0.15) is 4.31 Å². The van der Waals surface area contributed by atoms with E-state index in [0.717, 1.165) is 11.3 Å². The second-order valence-corrected chi connectivity index (χ2v) is 10.00. The molecule has 0 aliphatic rings. The van der Waals surface area contributed by atoms with E-state index in [1.54, 1.807) is 25.2 Å². The lowest BCUT2D eigenvalue weighted by Crippen LogP contribution is -2.25. The molecule has 0 saturated carbocycles. The number of anilines is 2. The van der Waals surface area contributed by atoms with Gasteiger partial charge in [0.05, 0.1) is 10.6 Å². The number of nitrogens with one attached hydrogen (secondary N) is 1. The van der Waals surface area contributed by atoms with Crippen molar-refractivity contribution in [2.45, 2.75) is 31.1 Å². The Morgan fingerprint density at radius 3 is 2.40 bits per heavy atom. The Morgan fingerprint density at radius 2 is 1.92 bits per heavy atom. The molecule has 0 amide bonds. The number of hydrogen-bond donors (Lipinski definition) is 1. The van der Waals surface area contributed by atoms with Crippen LogP contribution < -0.4 is 5.32 Å². The molecule has 25 heavy (non-hydrogen) atoms. The van der Waals surface area contributed by atoms with Gasteiger partial charge in [-0.15, -0.1) is 9.24 Å². The highest BCUT2D eigenvalue weighted by Gasteiger charge is 2.20. The van der Waals surface area contributed by atoms with Crippen LogP contribution >= 0.6 is 25.2 Å². The molecule has 0 bridgehead atoms. The first-order valence-corrected chi connectivity index (χ1v) is 10.8. The van der Waals surface area contributed by atoms with Gasteiger partial charge in [0.2, 0.25) is 10.0 Å². The van der Waals surface area contributed by atoms with E-state index < -0.39 is 10.0 Å². The number of rotatable bonds is 5. The zero-order valence-electron chi connectivity index (χ0n) is 14.7. The van der Waals surface area contributed by atoms with Gasteiger partial charge in [-0.05, 0) is 51.2 Å². The van der Waals surface area contributed by atoms with Crippen molar-refractivity contribution in [2.24, 2.45) is 0 Å². The largest absolute Gasteiger partial charge is 0.339 e. The number of halogens is 1. The second kappa shape index (κ2) is 7.70. The van der Waals surface area contributed by atoms with Gasteiger partial charge < -0.3 is 5.32 Å². The summed E-state index contributed by atoms with van der Waals surface area (Å²) in [6.45, 7) is 6.41. The van der Waals surface area contributed by atoms with Crippen molar-refractivity contribution in [1.29, 1.82) is 0 Å². The van der Waals surface area contributed by atoms with Crippen LogP contribution in [0.15, 0.2) is 45.9 Å². The molecule has 1 heterocycles. The molecule has 5 nitrogen and oxygen atoms in total. The average Bonchev–Trinajstić information content (AvgIpc) is 2.55. The Labute approximate surface area is 160 Å². The second-order valence-electron chi connectivity index (χ2n) is 6.73. The summed E-state index contributed by atoms with van der Waals surface area (Å²) in [4.78, 5) is 4.67. The number of aromatic nitrogens is 1. The van der Waals surface area contributed by atoms with Crippen LogP contribution in [-0.2, 0) is 15.4 Å². The molecule has 8 heteroatoms. The summed E-state index contributed by atoms with van der Waals surface area (Å²) in [6, 6.07) is 8.86. The minimum Gasteiger partial charge on any atom is -0.339 e. The lowest BCUT2D eigenvalue weighted by atomic mass is 9.88. The van der Waals surface area contributed by atoms with Gasteiger partial charge in [-0.1, -0.05) is 26.8 Å². The van der Waals surface area contributed by atoms with E-state index in [0.29, 0.717) is 16.6 Å². The molecule has 136 valence electrons. The van der Waals surface area contributed by atoms with E-state index in [1.807, 2.05) is 18.3 Å². The standard InChI is InChI=1S/C17H23BrN3O2PS/c1-17(2,3)12-5-8-16(19-10-12)20-15-7-6-13(9-14(15)18)25(22,23)21(4)11-24/h5-10H,11,24H2,1-4H3,(H,19,20). The molecule has 1 atom stereocenters. The first kappa shape index (κ1) is 20.3. The predicted octanol–water partition coefficient (Wildman–Crippen LogP) is 4.34. The summed E-state index contributed by atoms with van der Waals surface area (Å²) in [6.07, 6.45) is 2.19. The van der Waals surface area contributed by atoms with Crippen LogP contribution in [0.4, 0.5) is 11.5 Å². The van der Waals surface area contributed by atoms with E-state index in [1.165, 1.54) is 4.31 Å². The normalized spacial score (nSPS) is 12.4. The Balaban J connectivity index is 2.25. The lowest BCUT2D eigenvalue weighted by Gasteiger charge is -2.19. The Hall–Kier alpha value is -1.01. The van der Waals surface area contributed by atoms with Gasteiger partial charge >= 0.3 is 0 Å². The highest BCUT2D eigenvalue weighted by Crippen LogP contribution is 2.30. The maximum Gasteiger partial charge on any atom is 0.243 e. The van der Waals surface area contributed by atoms with E-state index in [9.17, 15) is 8.42 Å². The fraction of sp³-hybridized carbons (Fsp3) is 0.353. The van der Waals surface area contributed by atoms with Crippen LogP contribution in [0, 0.1) is 0 Å². The molecule has 0 spiro atoms. The van der Waals surface area contributed by atoms with Crippen molar-refractivity contribution in [2.75, 3.05) is 18.7 Å². The van der Waals surface area contributed by atoms with Crippen molar-refractivity contribution >= 4 is 46.7 Å². The number of nitrogens with zero attached hydrogens (tertiary/aromatic N) is 2. The maximum absolute atomic E-state index is 12.4. The van der Waals surface area contributed by atoms with Crippen molar-refractivity contribution in [3.8, 4) is 0 Å². The highest BCUT2D eigenvalue weighted by atomic mass is 79.9. The van der Waals surface area contributed by atoms with Crippen molar-refractivity contribution in [3.05, 3.63) is 46.6 Å². The molecular formula is C17H23BrN3O2PS. The molecular weight excluding hydrogens is 421 g/mol. The summed E-state index contributed by atoms with van der Waals surface area (Å²) in [5.41, 5.74) is 1.95. The van der Waals surface area contributed by atoms with Gasteiger partial charge in [-0.25, -0.2) is 13.4 Å². The monoisotopic (exact) mass is 443 g/mol. The van der Waals surface area contributed by atoms with Crippen molar-refractivity contribution < 1.29 is 8.42 Å². The van der Waals surface area contributed by atoms with Crippen LogP contribution in [0.1, 0.15) is 26.3 Å². The van der Waals surface area contributed by atoms with Crippen LogP contribution in [-0.4, -0.2) is 31.0 Å². The smallest absolute Gasteiger partial charge is 0.243 e. The summed E-state index contributed by atoms with van der Waals surface area (Å²) >= 11 is 3.44. The first-order chi connectivity index (χ1) is 11.6. The molecule has 1 aromatic heterocycles. The number of benzene rings is 1. The Bertz CT molecular complexity index is 849. The highest BCUT2D eigenvalue weighted by molar-refractivity contribution is 9.10. The van der Waals surface area contributed by atoms with Crippen LogP contribution in [0.25, 0.3) is 0 Å². The van der Waals surface area contributed by atoms with Gasteiger partial charge in [0.15, 0.2) is 0 Å². The fourth-order valence-corrected chi connectivity index (χ4v) is 4.37. The molecule has 0 fully saturated rings. The molecule has 1 N–H and O–H groups in total. The van der Waals surface area contributed by atoms with Crippen molar-refractivity contribution in [1.82, 2.24) is 9.29 Å². The van der Waals surface area contributed by atoms with E-state index in [-0.39, 0.29) is 10.3 Å². The van der Waals surface area contributed by atoms with Gasteiger partial charge in [0.25, 0.3) is 0 Å². The lowest BCUT2D eigenvalue weighted by molar-refractivity contribution is 0.512. The SMILES string of the molecule is CN(CP)S(=O)(=O)c1ccc(Nc2ccc(C(C)(C)C)cn2)c(Br)c1. The topological polar surface area (TPSA) is 62.3 Å². The Morgan fingerprint density at radius 1 is 1.24 bits per heavy atom. The molecule has 0 aliphatic carbocycles. The van der Waals surface area contributed by atoms with Crippen molar-refractivity contribution in [3.63, 3.8) is 0 Å². The molecule has 2 aromatic rings. The van der Waals surface area contributed by atoms with Gasteiger partial charge in [0.1, 0.15) is 5.82 Å². The third-order valence-corrected chi connectivity index (χ3v) is 7.09. The number of pyridine rings is 1. The van der Waals surface area contributed by atoms with E-state index >= 15 is 0 Å². The number of hydrogen-bond acceptors (Lipinski definition) is 4. The third-order valence-electron chi connectivity index (χ3n) is 3.80. The minimum atomic E-state index is -3.48. The quantitative estimate of drug-likeness (QED) is 0.698. The molecule has 2 rings (SSSR count). The van der Waals surface area contributed by atoms with Crippen LogP contribution in [0.5, 0.6) is 0 Å². The molecule has 0 aliphatic heterocycles. The van der Waals surface area contributed by atoms with Gasteiger partial charge in [-0.3, -0.25) is 0 Å². The first-order valence-electron chi connectivity index (χ1n) is 7.75. The predicted molar refractivity (Wildman–Crippen MR) is 110 cm³/mol. The molecule has 0 saturated heterocycles. The van der Waals surface area contributed by atoms with E-state index in [4.69, 9.17) is 0 Å². The zero-order chi connectivity index (χ0) is 18.8. The van der Waals surface area contributed by atoms with E-state index in [2.05, 4.69) is 56.2 Å². The summed E-state index contributed by atoms with van der Waals surface area (Å²) < 4.78 is 26.7. The average molecular weight is 444 g/mol. The maximum atomic E-state index is 12.4. The Kier molecular flexibility index (Phi) is 6.26. The summed E-state index contributed by atoms with van der Waals surface area (Å²) in [5, 5.41) is 3.20. The summed E-state index contributed by atoms with van der Waals surface area (Å²) in [5.74, 6) is 0.700. The zero-order valence-corrected chi connectivity index (χ0v) is 18.3. The molecule has 1 aromatic carbocycles. The molecule has 0 radical (unpaired) electrons.